The predicted molar refractivity (Wildman–Crippen MR) is 52.7 cm³/mol. The molecule has 1 aliphatic rings. The summed E-state index contributed by atoms with van der Waals surface area (Å²) in [6.07, 6.45) is -0.986. The van der Waals surface area contributed by atoms with E-state index in [4.69, 9.17) is 4.74 Å². The molecule has 0 saturated carbocycles. The molecule has 0 aliphatic carbocycles. The SMILES string of the molecule is FC(c1ccccc1)N1CCOCC1. The van der Waals surface area contributed by atoms with Gasteiger partial charge in [0.1, 0.15) is 0 Å². The summed E-state index contributed by atoms with van der Waals surface area (Å²) in [6.45, 7) is 2.62. The molecule has 1 fully saturated rings. The van der Waals surface area contributed by atoms with Crippen LogP contribution >= 0.6 is 0 Å². The van der Waals surface area contributed by atoms with E-state index in [0.717, 1.165) is 5.56 Å². The summed E-state index contributed by atoms with van der Waals surface area (Å²) < 4.78 is 19.1. The molecule has 1 unspecified atom stereocenters. The summed E-state index contributed by atoms with van der Waals surface area (Å²) in [7, 11) is 0. The van der Waals surface area contributed by atoms with E-state index >= 15 is 0 Å². The van der Waals surface area contributed by atoms with Crippen LogP contribution in [0.5, 0.6) is 0 Å². The molecule has 2 rings (SSSR count). The first kappa shape index (κ1) is 9.62. The lowest BCUT2D eigenvalue weighted by molar-refractivity contribution is -0.0216. The van der Waals surface area contributed by atoms with Gasteiger partial charge in [0.05, 0.1) is 13.2 Å². The molecule has 2 nitrogen and oxygen atoms in total. The van der Waals surface area contributed by atoms with Gasteiger partial charge in [-0.3, -0.25) is 4.90 Å². The average Bonchev–Trinajstić information content (AvgIpc) is 2.30. The molecule has 0 bridgehead atoms. The molecule has 1 aromatic rings. The average molecular weight is 195 g/mol. The molecule has 0 spiro atoms. The van der Waals surface area contributed by atoms with Crippen LogP contribution in [0, 0.1) is 0 Å². The van der Waals surface area contributed by atoms with Gasteiger partial charge in [0.2, 0.25) is 0 Å². The Bertz CT molecular complexity index is 272. The molecular weight excluding hydrogens is 181 g/mol. The molecule has 1 aromatic carbocycles. The van der Waals surface area contributed by atoms with Crippen molar-refractivity contribution in [2.24, 2.45) is 0 Å². The summed E-state index contributed by atoms with van der Waals surface area (Å²) >= 11 is 0. The van der Waals surface area contributed by atoms with Gasteiger partial charge >= 0.3 is 0 Å². The number of halogens is 1. The maximum absolute atomic E-state index is 13.9. The zero-order valence-electron chi connectivity index (χ0n) is 8.03. The van der Waals surface area contributed by atoms with Crippen molar-refractivity contribution in [3.8, 4) is 0 Å². The number of nitrogens with zero attached hydrogens (tertiary/aromatic N) is 1. The first-order valence-corrected chi connectivity index (χ1v) is 4.89. The summed E-state index contributed by atoms with van der Waals surface area (Å²) in [5.74, 6) is 0. The lowest BCUT2D eigenvalue weighted by Gasteiger charge is -2.29. The van der Waals surface area contributed by atoms with Crippen molar-refractivity contribution < 1.29 is 9.13 Å². The summed E-state index contributed by atoms with van der Waals surface area (Å²) in [5, 5.41) is 0. The van der Waals surface area contributed by atoms with Gasteiger partial charge in [-0.2, -0.15) is 0 Å². The zero-order valence-corrected chi connectivity index (χ0v) is 8.03. The molecule has 3 heteroatoms. The van der Waals surface area contributed by atoms with Gasteiger partial charge in [-0.05, 0) is 0 Å². The van der Waals surface area contributed by atoms with Crippen LogP contribution in [0.25, 0.3) is 0 Å². The number of rotatable bonds is 2. The highest BCUT2D eigenvalue weighted by molar-refractivity contribution is 5.17. The number of ether oxygens (including phenoxy) is 1. The van der Waals surface area contributed by atoms with Crippen molar-refractivity contribution >= 4 is 0 Å². The Morgan fingerprint density at radius 3 is 2.43 bits per heavy atom. The van der Waals surface area contributed by atoms with E-state index in [0.29, 0.717) is 26.3 Å². The summed E-state index contributed by atoms with van der Waals surface area (Å²) in [6, 6.07) is 9.26. The second-order valence-electron chi connectivity index (χ2n) is 3.39. The minimum absolute atomic E-state index is 0.632. The van der Waals surface area contributed by atoms with Crippen molar-refractivity contribution in [2.45, 2.75) is 6.30 Å². The van der Waals surface area contributed by atoms with Gasteiger partial charge in [-0.15, -0.1) is 0 Å². The lowest BCUT2D eigenvalue weighted by atomic mass is 10.2. The smallest absolute Gasteiger partial charge is 0.179 e. The minimum atomic E-state index is -0.986. The van der Waals surface area contributed by atoms with Crippen molar-refractivity contribution in [3.63, 3.8) is 0 Å². The first-order valence-electron chi connectivity index (χ1n) is 4.89. The maximum atomic E-state index is 13.9. The molecule has 76 valence electrons. The monoisotopic (exact) mass is 195 g/mol. The van der Waals surface area contributed by atoms with Crippen LogP contribution in [-0.4, -0.2) is 31.2 Å². The van der Waals surface area contributed by atoms with E-state index in [1.54, 1.807) is 4.90 Å². The first-order chi connectivity index (χ1) is 6.88. The van der Waals surface area contributed by atoms with Crippen LogP contribution in [0.3, 0.4) is 0 Å². The molecule has 0 aromatic heterocycles. The van der Waals surface area contributed by atoms with E-state index in [2.05, 4.69) is 0 Å². The van der Waals surface area contributed by atoms with Crippen molar-refractivity contribution in [1.29, 1.82) is 0 Å². The topological polar surface area (TPSA) is 12.5 Å². The quantitative estimate of drug-likeness (QED) is 0.669. The van der Waals surface area contributed by atoms with Crippen molar-refractivity contribution in [1.82, 2.24) is 4.90 Å². The number of hydrogen-bond acceptors (Lipinski definition) is 2. The molecule has 1 saturated heterocycles. The third-order valence-corrected chi connectivity index (χ3v) is 2.44. The van der Waals surface area contributed by atoms with Crippen LogP contribution in [-0.2, 0) is 4.74 Å². The van der Waals surface area contributed by atoms with Crippen molar-refractivity contribution in [3.05, 3.63) is 35.9 Å². The van der Waals surface area contributed by atoms with Crippen molar-refractivity contribution in [2.75, 3.05) is 26.3 Å². The lowest BCUT2D eigenvalue weighted by Crippen LogP contribution is -2.37. The Hall–Kier alpha value is -0.930. The highest BCUT2D eigenvalue weighted by Gasteiger charge is 2.21. The molecule has 1 atom stereocenters. The van der Waals surface area contributed by atoms with Gasteiger partial charge < -0.3 is 4.74 Å². The van der Waals surface area contributed by atoms with E-state index in [1.165, 1.54) is 0 Å². The van der Waals surface area contributed by atoms with Crippen LogP contribution in [0.2, 0.25) is 0 Å². The maximum Gasteiger partial charge on any atom is 0.179 e. The summed E-state index contributed by atoms with van der Waals surface area (Å²) in [4.78, 5) is 1.80. The Labute approximate surface area is 83.3 Å². The van der Waals surface area contributed by atoms with E-state index in [1.807, 2.05) is 30.3 Å². The van der Waals surface area contributed by atoms with Crippen LogP contribution in [0.4, 0.5) is 4.39 Å². The fourth-order valence-corrected chi connectivity index (χ4v) is 1.63. The fourth-order valence-electron chi connectivity index (χ4n) is 1.63. The van der Waals surface area contributed by atoms with Gasteiger partial charge in [-0.25, -0.2) is 4.39 Å². The molecule has 1 heterocycles. The van der Waals surface area contributed by atoms with Gasteiger partial charge in [0.25, 0.3) is 0 Å². The van der Waals surface area contributed by atoms with Crippen LogP contribution < -0.4 is 0 Å². The zero-order chi connectivity index (χ0) is 9.80. The normalized spacial score (nSPS) is 20.6. The van der Waals surface area contributed by atoms with E-state index in [-0.39, 0.29) is 0 Å². The second-order valence-corrected chi connectivity index (χ2v) is 3.39. The largest absolute Gasteiger partial charge is 0.379 e. The highest BCUT2D eigenvalue weighted by Crippen LogP contribution is 2.22. The Balaban J connectivity index is 2.03. The summed E-state index contributed by atoms with van der Waals surface area (Å²) in [5.41, 5.74) is 0.731. The minimum Gasteiger partial charge on any atom is -0.379 e. The molecule has 0 radical (unpaired) electrons. The van der Waals surface area contributed by atoms with Gasteiger partial charge in [0.15, 0.2) is 6.30 Å². The Morgan fingerprint density at radius 1 is 1.14 bits per heavy atom. The molecule has 1 aliphatic heterocycles. The number of benzene rings is 1. The number of morpholine rings is 1. The van der Waals surface area contributed by atoms with E-state index < -0.39 is 6.30 Å². The Morgan fingerprint density at radius 2 is 1.79 bits per heavy atom. The second kappa shape index (κ2) is 4.53. The van der Waals surface area contributed by atoms with Gasteiger partial charge in [-0.1, -0.05) is 30.3 Å². The highest BCUT2D eigenvalue weighted by atomic mass is 19.1. The molecular formula is C11H14FNO. The molecule has 0 N–H and O–H groups in total. The van der Waals surface area contributed by atoms with Crippen LogP contribution in [0.15, 0.2) is 30.3 Å². The van der Waals surface area contributed by atoms with Crippen LogP contribution in [0.1, 0.15) is 11.9 Å². The number of alkyl halides is 1. The third kappa shape index (κ3) is 2.11. The Kier molecular flexibility index (Phi) is 3.11. The molecule has 0 amide bonds. The standard InChI is InChI=1S/C11H14FNO/c12-11(10-4-2-1-3-5-10)13-6-8-14-9-7-13/h1-5,11H,6-9H2. The van der Waals surface area contributed by atoms with Gasteiger partial charge in [0, 0.05) is 18.7 Å². The number of hydrogen-bond donors (Lipinski definition) is 0. The molecule has 14 heavy (non-hydrogen) atoms. The third-order valence-electron chi connectivity index (χ3n) is 2.44. The predicted octanol–water partition coefficient (Wildman–Crippen LogP) is 1.99. The van der Waals surface area contributed by atoms with E-state index in [9.17, 15) is 4.39 Å². The fraction of sp³-hybridized carbons (Fsp3) is 0.455.